The summed E-state index contributed by atoms with van der Waals surface area (Å²) in [6.45, 7) is 1.62. The van der Waals surface area contributed by atoms with E-state index in [4.69, 9.17) is 5.11 Å². The monoisotopic (exact) mass is 280 g/mol. The number of halogens is 2. The van der Waals surface area contributed by atoms with Gasteiger partial charge in [0.2, 0.25) is 0 Å². The molecule has 0 radical (unpaired) electrons. The fourth-order valence-corrected chi connectivity index (χ4v) is 1.74. The summed E-state index contributed by atoms with van der Waals surface area (Å²) in [4.78, 5) is 25.4. The van der Waals surface area contributed by atoms with Gasteiger partial charge in [-0.2, -0.15) is 0 Å². The summed E-state index contributed by atoms with van der Waals surface area (Å²) in [5.74, 6) is -3.83. The highest BCUT2D eigenvalue weighted by Gasteiger charge is 2.17. The van der Waals surface area contributed by atoms with Crippen molar-refractivity contribution in [1.82, 2.24) is 4.98 Å². The standard InChI is InChI=1S/C13H10F2N2O3/c1-6-2-10(11(16-6)13(19)20)17-12(18)7-3-8(14)5-9(15)4-7/h2-5,16H,1H3,(H,17,18)(H,19,20). The Balaban J connectivity index is 2.30. The Morgan fingerprint density at radius 3 is 2.30 bits per heavy atom. The number of carbonyl (C=O) groups is 2. The molecule has 0 aliphatic heterocycles. The average Bonchev–Trinajstić information content (AvgIpc) is 2.69. The van der Waals surface area contributed by atoms with Crippen molar-refractivity contribution in [3.8, 4) is 0 Å². The van der Waals surface area contributed by atoms with Gasteiger partial charge >= 0.3 is 5.97 Å². The van der Waals surface area contributed by atoms with Gasteiger partial charge in [-0.1, -0.05) is 0 Å². The molecule has 7 heteroatoms. The zero-order valence-electron chi connectivity index (χ0n) is 10.3. The lowest BCUT2D eigenvalue weighted by Crippen LogP contribution is -2.14. The van der Waals surface area contributed by atoms with Crippen LogP contribution in [0.15, 0.2) is 24.3 Å². The third kappa shape index (κ3) is 2.82. The van der Waals surface area contributed by atoms with Crippen LogP contribution in [-0.2, 0) is 0 Å². The lowest BCUT2D eigenvalue weighted by Gasteiger charge is -2.05. The molecule has 0 aliphatic rings. The largest absolute Gasteiger partial charge is 0.477 e. The third-order valence-corrected chi connectivity index (χ3v) is 2.54. The van der Waals surface area contributed by atoms with Gasteiger partial charge in [-0.05, 0) is 25.1 Å². The summed E-state index contributed by atoms with van der Waals surface area (Å²) < 4.78 is 26.0. The first-order valence-electron chi connectivity index (χ1n) is 5.57. The Morgan fingerprint density at radius 1 is 1.15 bits per heavy atom. The number of anilines is 1. The number of carbonyl (C=O) groups excluding carboxylic acids is 1. The molecule has 104 valence electrons. The molecule has 0 spiro atoms. The number of amides is 1. The number of aromatic carboxylic acids is 1. The number of carboxylic acids is 1. The molecule has 0 fully saturated rings. The second kappa shape index (κ2) is 5.12. The first-order chi connectivity index (χ1) is 9.36. The van der Waals surface area contributed by atoms with E-state index in [1.807, 2.05) is 0 Å². The van der Waals surface area contributed by atoms with Crippen molar-refractivity contribution in [2.45, 2.75) is 6.92 Å². The van der Waals surface area contributed by atoms with Gasteiger partial charge in [0.15, 0.2) is 0 Å². The summed E-state index contributed by atoms with van der Waals surface area (Å²) in [5.41, 5.74) is 0.123. The van der Waals surface area contributed by atoms with E-state index in [0.717, 1.165) is 12.1 Å². The summed E-state index contributed by atoms with van der Waals surface area (Å²) in [6, 6.07) is 3.77. The van der Waals surface area contributed by atoms with Crippen molar-refractivity contribution in [2.24, 2.45) is 0 Å². The van der Waals surface area contributed by atoms with Crippen molar-refractivity contribution in [3.05, 3.63) is 52.9 Å². The van der Waals surface area contributed by atoms with Crippen molar-refractivity contribution in [3.63, 3.8) is 0 Å². The molecule has 0 atom stereocenters. The Morgan fingerprint density at radius 2 is 1.75 bits per heavy atom. The van der Waals surface area contributed by atoms with Gasteiger partial charge in [0.05, 0.1) is 5.69 Å². The molecule has 0 bridgehead atoms. The van der Waals surface area contributed by atoms with Crippen LogP contribution >= 0.6 is 0 Å². The van der Waals surface area contributed by atoms with Crippen LogP contribution in [-0.4, -0.2) is 22.0 Å². The molecule has 1 heterocycles. The summed E-state index contributed by atoms with van der Waals surface area (Å²) in [5, 5.41) is 11.2. The molecule has 0 saturated carbocycles. The van der Waals surface area contributed by atoms with Crippen LogP contribution < -0.4 is 5.32 Å². The van der Waals surface area contributed by atoms with Crippen LogP contribution in [0.1, 0.15) is 26.5 Å². The molecule has 0 saturated heterocycles. The van der Waals surface area contributed by atoms with Crippen LogP contribution in [0.25, 0.3) is 0 Å². The molecule has 5 nitrogen and oxygen atoms in total. The molecule has 1 aromatic carbocycles. The molecule has 0 aliphatic carbocycles. The average molecular weight is 280 g/mol. The van der Waals surface area contributed by atoms with Gasteiger partial charge in [-0.15, -0.1) is 0 Å². The van der Waals surface area contributed by atoms with Crippen molar-refractivity contribution in [1.29, 1.82) is 0 Å². The van der Waals surface area contributed by atoms with Gasteiger partial charge < -0.3 is 15.4 Å². The van der Waals surface area contributed by atoms with Crippen LogP contribution in [0.4, 0.5) is 14.5 Å². The number of nitrogens with one attached hydrogen (secondary N) is 2. The molecule has 2 aromatic rings. The van der Waals surface area contributed by atoms with E-state index in [-0.39, 0.29) is 16.9 Å². The molecular formula is C13H10F2N2O3. The zero-order chi connectivity index (χ0) is 14.9. The van der Waals surface area contributed by atoms with E-state index >= 15 is 0 Å². The van der Waals surface area contributed by atoms with Gasteiger partial charge in [-0.3, -0.25) is 4.79 Å². The summed E-state index contributed by atoms with van der Waals surface area (Å²) in [6.07, 6.45) is 0. The van der Waals surface area contributed by atoms with E-state index in [2.05, 4.69) is 10.3 Å². The van der Waals surface area contributed by atoms with E-state index in [1.165, 1.54) is 6.07 Å². The number of rotatable bonds is 3. The van der Waals surface area contributed by atoms with Crippen LogP contribution in [0.3, 0.4) is 0 Å². The second-order valence-corrected chi connectivity index (χ2v) is 4.16. The van der Waals surface area contributed by atoms with E-state index < -0.39 is 23.5 Å². The Hall–Kier alpha value is -2.70. The number of aromatic amines is 1. The first-order valence-corrected chi connectivity index (χ1v) is 5.57. The maximum Gasteiger partial charge on any atom is 0.354 e. The number of H-pyrrole nitrogens is 1. The van der Waals surface area contributed by atoms with E-state index in [1.54, 1.807) is 6.92 Å². The van der Waals surface area contributed by atoms with E-state index in [0.29, 0.717) is 11.8 Å². The second-order valence-electron chi connectivity index (χ2n) is 4.16. The number of benzene rings is 1. The first kappa shape index (κ1) is 13.7. The van der Waals surface area contributed by atoms with Crippen LogP contribution in [0.2, 0.25) is 0 Å². The molecule has 1 amide bonds. The minimum atomic E-state index is -1.25. The fraction of sp³-hybridized carbons (Fsp3) is 0.0769. The van der Waals surface area contributed by atoms with Crippen LogP contribution in [0.5, 0.6) is 0 Å². The minimum Gasteiger partial charge on any atom is -0.477 e. The topological polar surface area (TPSA) is 82.2 Å². The van der Waals surface area contributed by atoms with Crippen molar-refractivity contribution in [2.75, 3.05) is 5.32 Å². The molecular weight excluding hydrogens is 270 g/mol. The maximum atomic E-state index is 13.0. The number of carboxylic acid groups (broad SMARTS) is 1. The lowest BCUT2D eigenvalue weighted by molar-refractivity contribution is 0.0692. The summed E-state index contributed by atoms with van der Waals surface area (Å²) in [7, 11) is 0. The van der Waals surface area contributed by atoms with Gasteiger partial charge in [-0.25, -0.2) is 13.6 Å². The lowest BCUT2D eigenvalue weighted by atomic mass is 10.2. The number of hydrogen-bond donors (Lipinski definition) is 3. The third-order valence-electron chi connectivity index (χ3n) is 2.54. The Kier molecular flexibility index (Phi) is 3.51. The van der Waals surface area contributed by atoms with Crippen LogP contribution in [0, 0.1) is 18.6 Å². The van der Waals surface area contributed by atoms with Gasteiger partial charge in [0, 0.05) is 17.3 Å². The highest BCUT2D eigenvalue weighted by molar-refractivity contribution is 6.07. The van der Waals surface area contributed by atoms with E-state index in [9.17, 15) is 18.4 Å². The normalized spacial score (nSPS) is 10.3. The Labute approximate surface area is 112 Å². The smallest absolute Gasteiger partial charge is 0.354 e. The number of aryl methyl sites for hydroxylation is 1. The fourth-order valence-electron chi connectivity index (χ4n) is 1.74. The maximum absolute atomic E-state index is 13.0. The number of aromatic nitrogens is 1. The van der Waals surface area contributed by atoms with Crippen molar-refractivity contribution < 1.29 is 23.5 Å². The molecule has 2 rings (SSSR count). The summed E-state index contributed by atoms with van der Waals surface area (Å²) >= 11 is 0. The highest BCUT2D eigenvalue weighted by atomic mass is 19.1. The van der Waals surface area contributed by atoms with Crippen molar-refractivity contribution >= 4 is 17.6 Å². The molecule has 0 unspecified atom stereocenters. The predicted octanol–water partition coefficient (Wildman–Crippen LogP) is 2.55. The molecule has 20 heavy (non-hydrogen) atoms. The minimum absolute atomic E-state index is 0.0321. The Bertz CT molecular complexity index is 675. The molecule has 1 aromatic heterocycles. The van der Waals surface area contributed by atoms with Gasteiger partial charge in [0.1, 0.15) is 17.3 Å². The SMILES string of the molecule is Cc1cc(NC(=O)c2cc(F)cc(F)c2)c(C(=O)O)[nH]1. The predicted molar refractivity (Wildman–Crippen MR) is 66.8 cm³/mol. The zero-order valence-corrected chi connectivity index (χ0v) is 10.3. The quantitative estimate of drug-likeness (QED) is 0.808. The number of hydrogen-bond acceptors (Lipinski definition) is 2. The highest BCUT2D eigenvalue weighted by Crippen LogP contribution is 2.18. The van der Waals surface area contributed by atoms with Gasteiger partial charge in [0.25, 0.3) is 5.91 Å². The molecule has 3 N–H and O–H groups in total.